The number of hydrogen-bond acceptors (Lipinski definition) is 8. The van der Waals surface area contributed by atoms with E-state index >= 15 is 0 Å². The van der Waals surface area contributed by atoms with Crippen LogP contribution in [0.15, 0.2) is 57.6 Å². The van der Waals surface area contributed by atoms with Crippen molar-refractivity contribution in [3.63, 3.8) is 0 Å². The average molecular weight is 473 g/mol. The summed E-state index contributed by atoms with van der Waals surface area (Å²) in [4.78, 5) is 16.5. The first-order valence-corrected chi connectivity index (χ1v) is 10.0. The molecule has 0 spiro atoms. The summed E-state index contributed by atoms with van der Waals surface area (Å²) in [6.07, 6.45) is -4.44. The van der Waals surface area contributed by atoms with Crippen LogP contribution in [-0.4, -0.2) is 21.3 Å². The van der Waals surface area contributed by atoms with Crippen LogP contribution in [0.3, 0.4) is 0 Å². The van der Waals surface area contributed by atoms with Crippen LogP contribution in [0.4, 0.5) is 13.2 Å². The zero-order valence-corrected chi connectivity index (χ0v) is 18.0. The molecule has 0 N–H and O–H groups in total. The van der Waals surface area contributed by atoms with E-state index in [0.717, 1.165) is 23.4 Å². The summed E-state index contributed by atoms with van der Waals surface area (Å²) in [6.45, 7) is 3.52. The van der Waals surface area contributed by atoms with Crippen molar-refractivity contribution in [1.29, 1.82) is 0 Å². The summed E-state index contributed by atoms with van der Waals surface area (Å²) >= 11 is 0. The number of aryl methyl sites for hydroxylation is 2. The van der Waals surface area contributed by atoms with Gasteiger partial charge in [-0.05, 0) is 44.2 Å². The van der Waals surface area contributed by atoms with Crippen molar-refractivity contribution >= 4 is 5.97 Å². The molecule has 176 valence electrons. The molecule has 0 amide bonds. The van der Waals surface area contributed by atoms with Gasteiger partial charge in [-0.25, -0.2) is 4.79 Å². The van der Waals surface area contributed by atoms with Gasteiger partial charge in [-0.1, -0.05) is 28.5 Å². The molecule has 0 radical (unpaired) electrons. The van der Waals surface area contributed by atoms with Gasteiger partial charge in [0, 0.05) is 5.56 Å². The summed E-state index contributed by atoms with van der Waals surface area (Å²) < 4.78 is 59.1. The molecule has 2 aromatic carbocycles. The van der Waals surface area contributed by atoms with E-state index in [4.69, 9.17) is 18.5 Å². The smallest absolute Gasteiger partial charge is 0.416 e. The summed E-state index contributed by atoms with van der Waals surface area (Å²) in [6, 6.07) is 10.7. The van der Waals surface area contributed by atoms with Crippen molar-refractivity contribution in [2.45, 2.75) is 33.2 Å². The molecule has 4 aromatic rings. The molecule has 0 atom stereocenters. The van der Waals surface area contributed by atoms with Gasteiger partial charge in [-0.3, -0.25) is 0 Å². The zero-order valence-electron chi connectivity index (χ0n) is 18.0. The Morgan fingerprint density at radius 1 is 1.00 bits per heavy atom. The Morgan fingerprint density at radius 2 is 1.76 bits per heavy atom. The van der Waals surface area contributed by atoms with Crippen LogP contribution < -0.4 is 4.74 Å². The zero-order chi connectivity index (χ0) is 24.3. The maximum absolute atomic E-state index is 12.7. The highest BCUT2D eigenvalue weighted by Crippen LogP contribution is 2.30. The molecule has 2 aromatic heterocycles. The van der Waals surface area contributed by atoms with Crippen LogP contribution in [0, 0.1) is 13.8 Å². The highest BCUT2D eigenvalue weighted by molar-refractivity contribution is 5.89. The van der Waals surface area contributed by atoms with Crippen molar-refractivity contribution in [3.8, 4) is 17.1 Å². The number of halogens is 3. The van der Waals surface area contributed by atoms with Crippen LogP contribution in [-0.2, 0) is 24.1 Å². The highest BCUT2D eigenvalue weighted by Gasteiger charge is 2.30. The molecule has 4 rings (SSSR count). The quantitative estimate of drug-likeness (QED) is 0.334. The molecule has 11 heteroatoms. The number of rotatable bonds is 7. The Morgan fingerprint density at radius 3 is 2.44 bits per heavy atom. The molecule has 0 saturated carbocycles. The first-order valence-electron chi connectivity index (χ1n) is 10.0. The van der Waals surface area contributed by atoms with Gasteiger partial charge in [0.2, 0.25) is 5.82 Å². The Hall–Kier alpha value is -4.15. The first-order chi connectivity index (χ1) is 16.2. The van der Waals surface area contributed by atoms with Crippen molar-refractivity contribution in [1.82, 2.24) is 15.3 Å². The Kier molecular flexibility index (Phi) is 6.35. The molecule has 0 unspecified atom stereocenters. The standard InChI is InChI=1S/C23H18F3N3O5/c1-13-19(14(2)33-28-13)11-31-18-5-3-4-16(10-18)22(30)32-12-20-27-21(29-34-20)15-6-8-17(9-7-15)23(24,25)26/h3-10H,11-12H2,1-2H3. The minimum Gasteiger partial charge on any atom is -0.489 e. The van der Waals surface area contributed by atoms with Crippen molar-refractivity contribution in [2.24, 2.45) is 0 Å². The number of aromatic nitrogens is 3. The third kappa shape index (κ3) is 5.25. The van der Waals surface area contributed by atoms with Crippen molar-refractivity contribution in [2.75, 3.05) is 0 Å². The number of alkyl halides is 3. The Balaban J connectivity index is 1.35. The molecule has 2 heterocycles. The van der Waals surface area contributed by atoms with Gasteiger partial charge < -0.3 is 18.5 Å². The van der Waals surface area contributed by atoms with Gasteiger partial charge in [0.15, 0.2) is 6.61 Å². The number of benzene rings is 2. The van der Waals surface area contributed by atoms with Gasteiger partial charge in [0.25, 0.3) is 5.89 Å². The van der Waals surface area contributed by atoms with E-state index < -0.39 is 17.7 Å². The second-order valence-electron chi connectivity index (χ2n) is 7.28. The topological polar surface area (TPSA) is 100 Å². The number of ether oxygens (including phenoxy) is 2. The van der Waals surface area contributed by atoms with E-state index in [1.165, 1.54) is 18.2 Å². The summed E-state index contributed by atoms with van der Waals surface area (Å²) in [5.41, 5.74) is 1.35. The lowest BCUT2D eigenvalue weighted by Crippen LogP contribution is -2.06. The summed E-state index contributed by atoms with van der Waals surface area (Å²) in [5, 5.41) is 7.58. The fourth-order valence-electron chi connectivity index (χ4n) is 3.03. The van der Waals surface area contributed by atoms with Gasteiger partial charge in [-0.15, -0.1) is 0 Å². The van der Waals surface area contributed by atoms with Crippen molar-refractivity contribution < 1.29 is 36.5 Å². The monoisotopic (exact) mass is 473 g/mol. The summed E-state index contributed by atoms with van der Waals surface area (Å²) in [7, 11) is 0. The molecule has 0 bridgehead atoms. The fraction of sp³-hybridized carbons (Fsp3) is 0.217. The third-order valence-corrected chi connectivity index (χ3v) is 4.90. The van der Waals surface area contributed by atoms with Crippen LogP contribution >= 0.6 is 0 Å². The fourth-order valence-corrected chi connectivity index (χ4v) is 3.03. The largest absolute Gasteiger partial charge is 0.489 e. The number of carbonyl (C=O) groups is 1. The Bertz CT molecular complexity index is 1280. The lowest BCUT2D eigenvalue weighted by atomic mass is 10.1. The van der Waals surface area contributed by atoms with Crippen molar-refractivity contribution in [3.05, 3.63) is 82.6 Å². The Labute approximate surface area is 191 Å². The molecule has 8 nitrogen and oxygen atoms in total. The van der Waals surface area contributed by atoms with Crippen LogP contribution in [0.1, 0.15) is 38.8 Å². The molecule has 0 saturated heterocycles. The number of esters is 1. The van der Waals surface area contributed by atoms with E-state index in [0.29, 0.717) is 17.1 Å². The minimum atomic E-state index is -4.44. The average Bonchev–Trinajstić information content (AvgIpc) is 3.42. The van der Waals surface area contributed by atoms with Crippen LogP contribution in [0.2, 0.25) is 0 Å². The van der Waals surface area contributed by atoms with Gasteiger partial charge in [-0.2, -0.15) is 18.2 Å². The van der Waals surface area contributed by atoms with Gasteiger partial charge >= 0.3 is 12.1 Å². The maximum Gasteiger partial charge on any atom is 0.416 e. The second-order valence-corrected chi connectivity index (χ2v) is 7.28. The molecule has 0 aliphatic heterocycles. The molecule has 0 fully saturated rings. The second kappa shape index (κ2) is 9.38. The van der Waals surface area contributed by atoms with E-state index in [9.17, 15) is 18.0 Å². The van der Waals surface area contributed by atoms with E-state index in [1.807, 2.05) is 6.92 Å². The predicted molar refractivity (Wildman–Crippen MR) is 111 cm³/mol. The lowest BCUT2D eigenvalue weighted by molar-refractivity contribution is -0.137. The normalized spacial score (nSPS) is 11.4. The molecule has 0 aliphatic carbocycles. The summed E-state index contributed by atoms with van der Waals surface area (Å²) in [5.74, 6) is 0.542. The number of hydrogen-bond donors (Lipinski definition) is 0. The number of nitrogens with zero attached hydrogens (tertiary/aromatic N) is 3. The van der Waals surface area contributed by atoms with E-state index in [2.05, 4.69) is 15.3 Å². The SMILES string of the molecule is Cc1noc(C)c1COc1cccc(C(=O)OCc2nc(-c3ccc(C(F)(F)F)cc3)no2)c1. The van der Waals surface area contributed by atoms with Crippen LogP contribution in [0.5, 0.6) is 5.75 Å². The first kappa shape index (κ1) is 23.0. The maximum atomic E-state index is 12.7. The third-order valence-electron chi connectivity index (χ3n) is 4.90. The van der Waals surface area contributed by atoms with Gasteiger partial charge in [0.1, 0.15) is 18.1 Å². The van der Waals surface area contributed by atoms with E-state index in [1.54, 1.807) is 25.1 Å². The predicted octanol–water partition coefficient (Wildman–Crippen LogP) is 5.30. The molecule has 0 aliphatic rings. The van der Waals surface area contributed by atoms with E-state index in [-0.39, 0.29) is 30.5 Å². The molecule has 34 heavy (non-hydrogen) atoms. The van der Waals surface area contributed by atoms with Gasteiger partial charge in [0.05, 0.1) is 22.4 Å². The van der Waals surface area contributed by atoms with Crippen LogP contribution in [0.25, 0.3) is 11.4 Å². The lowest BCUT2D eigenvalue weighted by Gasteiger charge is -2.07. The highest BCUT2D eigenvalue weighted by atomic mass is 19.4. The molecular weight excluding hydrogens is 455 g/mol. The number of carbonyl (C=O) groups excluding carboxylic acids is 1. The molecular formula is C23H18F3N3O5. The minimum absolute atomic E-state index is 0.00550.